The fraction of sp³-hybridized carbons (Fsp3) is 0.257. The average molecular weight is 599 g/mol. The molecule has 0 saturated carbocycles. The summed E-state index contributed by atoms with van der Waals surface area (Å²) < 4.78 is 21.3. The summed E-state index contributed by atoms with van der Waals surface area (Å²) in [6.45, 7) is 10.3. The Morgan fingerprint density at radius 1 is 0.727 bits per heavy atom. The van der Waals surface area contributed by atoms with Gasteiger partial charge in [-0.15, -0.1) is 0 Å². The highest BCUT2D eigenvalue weighted by Crippen LogP contribution is 2.23. The van der Waals surface area contributed by atoms with E-state index in [4.69, 9.17) is 18.9 Å². The number of rotatable bonds is 18. The monoisotopic (exact) mass is 598 g/mol. The lowest BCUT2D eigenvalue weighted by molar-refractivity contribution is -0.138. The second-order valence-corrected chi connectivity index (χ2v) is 9.66. The molecule has 3 aromatic rings. The van der Waals surface area contributed by atoms with Crippen molar-refractivity contribution in [3.63, 3.8) is 0 Å². The molecule has 230 valence electrons. The molecule has 1 N–H and O–H groups in total. The predicted octanol–water partition coefficient (Wildman–Crippen LogP) is 6.77. The van der Waals surface area contributed by atoms with Crippen LogP contribution in [0.4, 0.5) is 11.4 Å². The molecule has 0 unspecified atom stereocenters. The van der Waals surface area contributed by atoms with E-state index in [1.54, 1.807) is 30.5 Å². The van der Waals surface area contributed by atoms with Crippen molar-refractivity contribution in [1.82, 2.24) is 0 Å². The highest BCUT2D eigenvalue weighted by Gasteiger charge is 2.08. The molecule has 44 heavy (non-hydrogen) atoms. The van der Waals surface area contributed by atoms with Crippen molar-refractivity contribution in [3.05, 3.63) is 109 Å². The molecule has 1 amide bonds. The minimum Gasteiger partial charge on any atom is -0.494 e. The van der Waals surface area contributed by atoms with Crippen molar-refractivity contribution in [2.75, 3.05) is 31.7 Å². The summed E-state index contributed by atoms with van der Waals surface area (Å²) >= 11 is 0. The largest absolute Gasteiger partial charge is 0.494 e. The average Bonchev–Trinajstić information content (AvgIpc) is 3.04. The molecule has 3 aromatic carbocycles. The van der Waals surface area contributed by atoms with Gasteiger partial charge in [-0.1, -0.05) is 13.2 Å². The summed E-state index contributed by atoms with van der Waals surface area (Å²) in [5, 5.41) is 2.92. The maximum absolute atomic E-state index is 12.8. The minimum atomic E-state index is -0.430. The lowest BCUT2D eigenvalue weighted by Gasteiger charge is -2.09. The maximum Gasteiger partial charge on any atom is 0.330 e. The number of nitrogens with zero attached hydrogens (tertiary/aromatic N) is 1. The quantitative estimate of drug-likeness (QED) is 0.0744. The van der Waals surface area contributed by atoms with Crippen LogP contribution in [0.5, 0.6) is 11.5 Å². The van der Waals surface area contributed by atoms with Gasteiger partial charge < -0.3 is 24.3 Å². The van der Waals surface area contributed by atoms with Gasteiger partial charge in [0.05, 0.1) is 32.1 Å². The molecule has 0 aliphatic rings. The van der Waals surface area contributed by atoms with E-state index in [0.29, 0.717) is 49.8 Å². The number of aryl methyl sites for hydroxylation is 1. The Bertz CT molecular complexity index is 1430. The van der Waals surface area contributed by atoms with Crippen molar-refractivity contribution < 1.29 is 33.3 Å². The van der Waals surface area contributed by atoms with Crippen molar-refractivity contribution in [3.8, 4) is 11.5 Å². The summed E-state index contributed by atoms with van der Waals surface area (Å²) in [4.78, 5) is 39.4. The summed E-state index contributed by atoms with van der Waals surface area (Å²) in [5.41, 5.74) is 3.81. The molecule has 0 spiro atoms. The van der Waals surface area contributed by atoms with Gasteiger partial charge in [0.1, 0.15) is 11.5 Å². The number of esters is 2. The molecule has 0 atom stereocenters. The number of nitrogens with one attached hydrogen (secondary N) is 1. The Morgan fingerprint density at radius 2 is 1.25 bits per heavy atom. The first-order chi connectivity index (χ1) is 21.4. The number of carbonyl (C=O) groups is 3. The second kappa shape index (κ2) is 18.4. The third-order valence-electron chi connectivity index (χ3n) is 6.24. The molecular formula is C35H38N2O7. The van der Waals surface area contributed by atoms with Crippen LogP contribution in [-0.4, -0.2) is 50.5 Å². The number of anilines is 1. The lowest BCUT2D eigenvalue weighted by Crippen LogP contribution is -2.11. The summed E-state index contributed by atoms with van der Waals surface area (Å²) in [5.74, 6) is 0.340. The van der Waals surface area contributed by atoms with Crippen LogP contribution in [0.2, 0.25) is 0 Å². The molecule has 0 radical (unpaired) electrons. The highest BCUT2D eigenvalue weighted by molar-refractivity contribution is 6.04. The van der Waals surface area contributed by atoms with E-state index in [1.807, 2.05) is 49.4 Å². The van der Waals surface area contributed by atoms with Crippen LogP contribution in [0.15, 0.2) is 97.0 Å². The standard InChI is InChI=1S/C35H38N2O7/c1-4-33(38)43-22-8-6-20-41-30-15-10-27(11-16-30)25-36-32-19-14-29(24-26(32)3)37-35(40)28-12-17-31(18-13-28)42-21-7-9-23-44-34(39)5-2/h4-5,10-19,24-25H,1-2,6-9,20-23H2,3H3,(H,37,40)/b36-25+. The van der Waals surface area contributed by atoms with Gasteiger partial charge in [-0.05, 0) is 110 Å². The fourth-order valence-corrected chi connectivity index (χ4v) is 3.83. The lowest BCUT2D eigenvalue weighted by atomic mass is 10.1. The minimum absolute atomic E-state index is 0.227. The number of hydrogen-bond donors (Lipinski definition) is 1. The third-order valence-corrected chi connectivity index (χ3v) is 6.24. The summed E-state index contributed by atoms with van der Waals surface area (Å²) in [7, 11) is 0. The van der Waals surface area contributed by atoms with E-state index in [1.165, 1.54) is 0 Å². The number of carbonyl (C=O) groups excluding carboxylic acids is 3. The van der Waals surface area contributed by atoms with E-state index >= 15 is 0 Å². The number of benzene rings is 3. The maximum atomic E-state index is 12.8. The molecule has 0 aliphatic carbocycles. The Morgan fingerprint density at radius 3 is 1.77 bits per heavy atom. The van der Waals surface area contributed by atoms with Gasteiger partial charge in [-0.3, -0.25) is 9.79 Å². The van der Waals surface area contributed by atoms with Gasteiger partial charge in [0.15, 0.2) is 0 Å². The first-order valence-electron chi connectivity index (χ1n) is 14.4. The van der Waals surface area contributed by atoms with Crippen LogP contribution in [-0.2, 0) is 19.1 Å². The van der Waals surface area contributed by atoms with Gasteiger partial charge in [0.25, 0.3) is 5.91 Å². The number of aliphatic imine (C=N–C) groups is 1. The Hall–Kier alpha value is -5.18. The van der Waals surface area contributed by atoms with Crippen LogP contribution in [0.3, 0.4) is 0 Å². The molecule has 0 aliphatic heterocycles. The van der Waals surface area contributed by atoms with Gasteiger partial charge in [0.2, 0.25) is 0 Å². The van der Waals surface area contributed by atoms with E-state index in [-0.39, 0.29) is 5.91 Å². The first kappa shape index (κ1) is 33.3. The topological polar surface area (TPSA) is 113 Å². The number of unbranched alkanes of at least 4 members (excludes halogenated alkanes) is 2. The Kier molecular flexibility index (Phi) is 13.9. The molecule has 0 bridgehead atoms. The summed E-state index contributed by atoms with van der Waals surface area (Å²) in [6.07, 6.45) is 6.97. The second-order valence-electron chi connectivity index (χ2n) is 9.66. The van der Waals surface area contributed by atoms with E-state index < -0.39 is 11.9 Å². The van der Waals surface area contributed by atoms with Crippen LogP contribution in [0, 0.1) is 6.92 Å². The number of amides is 1. The van der Waals surface area contributed by atoms with Gasteiger partial charge in [0, 0.05) is 29.6 Å². The Labute approximate surface area is 258 Å². The zero-order valence-electron chi connectivity index (χ0n) is 25.0. The van der Waals surface area contributed by atoms with E-state index in [9.17, 15) is 14.4 Å². The molecule has 9 nitrogen and oxygen atoms in total. The van der Waals surface area contributed by atoms with E-state index in [0.717, 1.165) is 54.0 Å². The zero-order chi connectivity index (χ0) is 31.6. The summed E-state index contributed by atoms with van der Waals surface area (Å²) in [6, 6.07) is 20.1. The van der Waals surface area contributed by atoms with Crippen molar-refractivity contribution in [2.24, 2.45) is 4.99 Å². The molecule has 0 heterocycles. The van der Waals surface area contributed by atoms with Gasteiger partial charge >= 0.3 is 11.9 Å². The van der Waals surface area contributed by atoms with Crippen LogP contribution in [0.25, 0.3) is 0 Å². The van der Waals surface area contributed by atoms with Crippen LogP contribution < -0.4 is 14.8 Å². The normalized spacial score (nSPS) is 10.6. The molecule has 9 heteroatoms. The molecule has 0 fully saturated rings. The van der Waals surface area contributed by atoms with Crippen LogP contribution in [0.1, 0.15) is 47.2 Å². The van der Waals surface area contributed by atoms with Gasteiger partial charge in [-0.25, -0.2) is 9.59 Å². The number of hydrogen-bond acceptors (Lipinski definition) is 8. The van der Waals surface area contributed by atoms with Crippen LogP contribution >= 0.6 is 0 Å². The molecular weight excluding hydrogens is 560 g/mol. The zero-order valence-corrected chi connectivity index (χ0v) is 25.0. The smallest absolute Gasteiger partial charge is 0.330 e. The fourth-order valence-electron chi connectivity index (χ4n) is 3.83. The van der Waals surface area contributed by atoms with Gasteiger partial charge in [-0.2, -0.15) is 0 Å². The number of ether oxygens (including phenoxy) is 4. The van der Waals surface area contributed by atoms with Crippen molar-refractivity contribution in [1.29, 1.82) is 0 Å². The van der Waals surface area contributed by atoms with Crippen molar-refractivity contribution in [2.45, 2.75) is 32.6 Å². The van der Waals surface area contributed by atoms with Crippen molar-refractivity contribution >= 4 is 35.4 Å². The SMILES string of the molecule is C=CC(=O)OCCCCOc1ccc(/C=N/c2ccc(NC(=O)c3ccc(OCCCCOC(=O)C=C)cc3)cc2C)cc1. The molecule has 3 rings (SSSR count). The highest BCUT2D eigenvalue weighted by atomic mass is 16.5. The first-order valence-corrected chi connectivity index (χ1v) is 14.4. The van der Waals surface area contributed by atoms with E-state index in [2.05, 4.69) is 23.5 Å². The Balaban J connectivity index is 1.41. The third kappa shape index (κ3) is 12.0. The predicted molar refractivity (Wildman–Crippen MR) is 171 cm³/mol. The molecule has 0 saturated heterocycles. The molecule has 0 aromatic heterocycles.